The molecule has 0 aliphatic heterocycles. The molecule has 0 radical (unpaired) electrons. The minimum Gasteiger partial charge on any atom is -0.508 e. The van der Waals surface area contributed by atoms with E-state index in [1.54, 1.807) is 12.1 Å². The zero-order valence-corrected chi connectivity index (χ0v) is 17.8. The van der Waals surface area contributed by atoms with E-state index in [-0.39, 0.29) is 11.5 Å². The monoisotopic (exact) mass is 431 g/mol. The number of aromatic nitrogens is 2. The van der Waals surface area contributed by atoms with Crippen LogP contribution < -0.4 is 5.32 Å². The number of carbonyl (C=O) groups is 1. The number of anilines is 2. The summed E-state index contributed by atoms with van der Waals surface area (Å²) in [4.78, 5) is 12.6. The minimum atomic E-state index is 0.0799. The van der Waals surface area contributed by atoms with E-state index in [0.717, 1.165) is 33.3 Å². The fourth-order valence-corrected chi connectivity index (χ4v) is 3.79. The van der Waals surface area contributed by atoms with Crippen LogP contribution in [0.4, 0.5) is 11.5 Å². The van der Waals surface area contributed by atoms with Crippen molar-refractivity contribution in [3.05, 3.63) is 114 Å². The van der Waals surface area contributed by atoms with Gasteiger partial charge >= 0.3 is 0 Å². The highest BCUT2D eigenvalue weighted by Gasteiger charge is 2.12. The number of phenols is 1. The van der Waals surface area contributed by atoms with Crippen LogP contribution in [0, 0.1) is 0 Å². The van der Waals surface area contributed by atoms with Gasteiger partial charge in [-0.1, -0.05) is 54.6 Å². The Morgan fingerprint density at radius 3 is 2.12 bits per heavy atom. The predicted octanol–water partition coefficient (Wildman–Crippen LogP) is 6.17. The number of carbonyl (C=O) groups excluding carboxylic acids is 1. The smallest absolute Gasteiger partial charge is 0.167 e. The standard InChI is InChI=1S/C28H21N3O2/c32-23-16-12-21(13-17-23)27-24-8-4-5-9-25(24)28(31-30-27)29-22-14-10-20(11-15-22)26(33)18-19-6-2-1-3-7-19/h1-17,32H,18H2,(H,29,31). The summed E-state index contributed by atoms with van der Waals surface area (Å²) in [6.07, 6.45) is 0.377. The number of nitrogens with zero attached hydrogens (tertiary/aromatic N) is 2. The number of hydrogen-bond donors (Lipinski definition) is 2. The van der Waals surface area contributed by atoms with Gasteiger partial charge in [-0.15, -0.1) is 10.2 Å². The van der Waals surface area contributed by atoms with Gasteiger partial charge in [-0.2, -0.15) is 0 Å². The first-order valence-corrected chi connectivity index (χ1v) is 10.7. The molecule has 1 heterocycles. The van der Waals surface area contributed by atoms with Crippen LogP contribution in [0.1, 0.15) is 15.9 Å². The Morgan fingerprint density at radius 1 is 0.727 bits per heavy atom. The van der Waals surface area contributed by atoms with Crippen LogP contribution in [0.15, 0.2) is 103 Å². The number of Topliss-reactive ketones (excluding diaryl/α,β-unsaturated/α-hetero) is 1. The molecule has 5 heteroatoms. The SMILES string of the molecule is O=C(Cc1ccccc1)c1ccc(Nc2nnc(-c3ccc(O)cc3)c3ccccc23)cc1. The van der Waals surface area contributed by atoms with Crippen LogP contribution in [0.5, 0.6) is 5.75 Å². The molecule has 5 nitrogen and oxygen atoms in total. The van der Waals surface area contributed by atoms with E-state index in [2.05, 4.69) is 15.5 Å². The summed E-state index contributed by atoms with van der Waals surface area (Å²) in [6, 6.07) is 32.0. The first-order valence-electron chi connectivity index (χ1n) is 10.7. The molecule has 0 aliphatic carbocycles. The van der Waals surface area contributed by atoms with Gasteiger partial charge in [-0.05, 0) is 54.1 Å². The Labute approximate surface area is 191 Å². The van der Waals surface area contributed by atoms with Gasteiger partial charge in [0.05, 0.1) is 0 Å². The average Bonchev–Trinajstić information content (AvgIpc) is 2.86. The maximum absolute atomic E-state index is 12.6. The van der Waals surface area contributed by atoms with Gasteiger partial charge in [0.1, 0.15) is 11.4 Å². The van der Waals surface area contributed by atoms with E-state index >= 15 is 0 Å². The van der Waals surface area contributed by atoms with E-state index in [9.17, 15) is 9.90 Å². The van der Waals surface area contributed by atoms with Crippen molar-refractivity contribution in [3.63, 3.8) is 0 Å². The van der Waals surface area contributed by atoms with Gasteiger partial charge in [-0.25, -0.2) is 0 Å². The molecule has 0 fully saturated rings. The van der Waals surface area contributed by atoms with Crippen LogP contribution in [0.25, 0.3) is 22.0 Å². The molecular formula is C28H21N3O2. The lowest BCUT2D eigenvalue weighted by Gasteiger charge is -2.12. The van der Waals surface area contributed by atoms with Crippen LogP contribution in [0.2, 0.25) is 0 Å². The van der Waals surface area contributed by atoms with Crippen molar-refractivity contribution in [1.82, 2.24) is 10.2 Å². The Morgan fingerprint density at radius 2 is 1.39 bits per heavy atom. The van der Waals surface area contributed by atoms with Gasteiger partial charge < -0.3 is 10.4 Å². The van der Waals surface area contributed by atoms with Gasteiger partial charge in [0.15, 0.2) is 11.6 Å². The van der Waals surface area contributed by atoms with Crippen molar-refractivity contribution < 1.29 is 9.90 Å². The molecule has 1 aromatic heterocycles. The molecule has 5 rings (SSSR count). The number of nitrogens with one attached hydrogen (secondary N) is 1. The number of phenolic OH excluding ortho intramolecular Hbond substituents is 1. The summed E-state index contributed by atoms with van der Waals surface area (Å²) in [5.41, 5.74) is 4.12. The number of rotatable bonds is 6. The van der Waals surface area contributed by atoms with Crippen molar-refractivity contribution in [1.29, 1.82) is 0 Å². The lowest BCUT2D eigenvalue weighted by atomic mass is 10.0. The zero-order chi connectivity index (χ0) is 22.6. The topological polar surface area (TPSA) is 75.1 Å². The Balaban J connectivity index is 1.40. The second-order valence-electron chi connectivity index (χ2n) is 7.78. The predicted molar refractivity (Wildman–Crippen MR) is 131 cm³/mol. The van der Waals surface area contributed by atoms with Gasteiger partial charge in [0, 0.05) is 34.0 Å². The number of fused-ring (bicyclic) bond motifs is 1. The maximum Gasteiger partial charge on any atom is 0.167 e. The van der Waals surface area contributed by atoms with Crippen LogP contribution in [0.3, 0.4) is 0 Å². The summed E-state index contributed by atoms with van der Waals surface area (Å²) < 4.78 is 0. The Hall–Kier alpha value is -4.51. The molecule has 0 spiro atoms. The van der Waals surface area contributed by atoms with Gasteiger partial charge in [-0.3, -0.25) is 4.79 Å². The largest absolute Gasteiger partial charge is 0.508 e. The molecule has 0 aliphatic rings. The summed E-state index contributed by atoms with van der Waals surface area (Å²) in [5.74, 6) is 0.924. The fraction of sp³-hybridized carbons (Fsp3) is 0.0357. The third-order valence-corrected chi connectivity index (χ3v) is 5.51. The second kappa shape index (κ2) is 8.93. The molecule has 0 atom stereocenters. The van der Waals surface area contributed by atoms with Crippen LogP contribution >= 0.6 is 0 Å². The molecule has 5 aromatic rings. The average molecular weight is 431 g/mol. The normalized spacial score (nSPS) is 10.8. The summed E-state index contributed by atoms with van der Waals surface area (Å²) >= 11 is 0. The molecule has 4 aromatic carbocycles. The van der Waals surface area contributed by atoms with E-state index in [1.165, 1.54) is 0 Å². The van der Waals surface area contributed by atoms with Crippen LogP contribution in [-0.2, 0) is 6.42 Å². The Bertz CT molecular complexity index is 1410. The van der Waals surface area contributed by atoms with E-state index in [0.29, 0.717) is 17.8 Å². The van der Waals surface area contributed by atoms with Crippen molar-refractivity contribution in [2.24, 2.45) is 0 Å². The van der Waals surface area contributed by atoms with Gasteiger partial charge in [0.2, 0.25) is 0 Å². The lowest BCUT2D eigenvalue weighted by Crippen LogP contribution is -2.04. The molecular weight excluding hydrogens is 410 g/mol. The third kappa shape index (κ3) is 4.43. The number of ketones is 1. The van der Waals surface area contributed by atoms with Crippen molar-refractivity contribution >= 4 is 28.1 Å². The molecule has 0 amide bonds. The zero-order valence-electron chi connectivity index (χ0n) is 17.8. The Kier molecular flexibility index (Phi) is 5.52. The number of aromatic hydroxyl groups is 1. The lowest BCUT2D eigenvalue weighted by molar-refractivity contribution is 0.0993. The molecule has 0 saturated carbocycles. The van der Waals surface area contributed by atoms with Crippen LogP contribution in [-0.4, -0.2) is 21.1 Å². The van der Waals surface area contributed by atoms with Crippen molar-refractivity contribution in [3.8, 4) is 17.0 Å². The summed E-state index contributed by atoms with van der Waals surface area (Å²) in [6.45, 7) is 0. The van der Waals surface area contributed by atoms with E-state index in [4.69, 9.17) is 0 Å². The third-order valence-electron chi connectivity index (χ3n) is 5.51. The summed E-state index contributed by atoms with van der Waals surface area (Å²) in [5, 5.41) is 23.7. The van der Waals surface area contributed by atoms with Gasteiger partial charge in [0.25, 0.3) is 0 Å². The molecule has 2 N–H and O–H groups in total. The number of benzene rings is 4. The first-order chi connectivity index (χ1) is 16.2. The molecule has 33 heavy (non-hydrogen) atoms. The first kappa shape index (κ1) is 20.4. The van der Waals surface area contributed by atoms with E-state index in [1.807, 2.05) is 91.0 Å². The fourth-order valence-electron chi connectivity index (χ4n) is 3.79. The maximum atomic E-state index is 12.6. The molecule has 0 saturated heterocycles. The highest BCUT2D eigenvalue weighted by molar-refractivity contribution is 6.01. The molecule has 0 unspecified atom stereocenters. The minimum absolute atomic E-state index is 0.0799. The highest BCUT2D eigenvalue weighted by Crippen LogP contribution is 2.31. The highest BCUT2D eigenvalue weighted by atomic mass is 16.3. The second-order valence-corrected chi connectivity index (χ2v) is 7.78. The quantitative estimate of drug-likeness (QED) is 0.314. The number of hydrogen-bond acceptors (Lipinski definition) is 5. The van der Waals surface area contributed by atoms with Crippen molar-refractivity contribution in [2.75, 3.05) is 5.32 Å². The molecule has 160 valence electrons. The van der Waals surface area contributed by atoms with E-state index < -0.39 is 0 Å². The van der Waals surface area contributed by atoms with Crippen molar-refractivity contribution in [2.45, 2.75) is 6.42 Å². The molecule has 0 bridgehead atoms. The summed E-state index contributed by atoms with van der Waals surface area (Å²) in [7, 11) is 0.